The summed E-state index contributed by atoms with van der Waals surface area (Å²) in [6.07, 6.45) is 0.681. The second-order valence-electron chi connectivity index (χ2n) is 6.19. The van der Waals surface area contributed by atoms with Crippen molar-refractivity contribution in [3.05, 3.63) is 53.2 Å². The minimum Gasteiger partial charge on any atom is -0.496 e. The van der Waals surface area contributed by atoms with Gasteiger partial charge in [-0.05, 0) is 24.6 Å². The maximum atomic E-state index is 12.0. The van der Waals surface area contributed by atoms with Crippen LogP contribution < -0.4 is 24.3 Å². The molecule has 0 saturated carbocycles. The Bertz CT molecular complexity index is 896. The van der Waals surface area contributed by atoms with E-state index in [-0.39, 0.29) is 0 Å². The van der Waals surface area contributed by atoms with Crippen molar-refractivity contribution in [2.75, 3.05) is 33.8 Å². The van der Waals surface area contributed by atoms with Gasteiger partial charge in [-0.15, -0.1) is 0 Å². The second-order valence-corrected chi connectivity index (χ2v) is 6.19. The van der Waals surface area contributed by atoms with Crippen LogP contribution in [0.5, 0.6) is 23.0 Å². The lowest BCUT2D eigenvalue weighted by Gasteiger charge is -2.32. The summed E-state index contributed by atoms with van der Waals surface area (Å²) in [5, 5.41) is 3.26. The van der Waals surface area contributed by atoms with Crippen LogP contribution in [-0.4, -0.2) is 34.4 Å². The minimum atomic E-state index is -0.677. The van der Waals surface area contributed by atoms with E-state index in [9.17, 15) is 4.79 Å². The Kier molecular flexibility index (Phi) is 5.63. The van der Waals surface area contributed by atoms with Crippen molar-refractivity contribution in [2.24, 2.45) is 0 Å². The van der Waals surface area contributed by atoms with Crippen LogP contribution in [0.2, 0.25) is 0 Å². The third-order valence-electron chi connectivity index (χ3n) is 4.43. The van der Waals surface area contributed by atoms with Gasteiger partial charge in [0.2, 0.25) is 0 Å². The van der Waals surface area contributed by atoms with Crippen LogP contribution in [-0.2, 0) is 9.53 Å². The Morgan fingerprint density at radius 3 is 2.29 bits per heavy atom. The number of hydrogen-bond acceptors (Lipinski definition) is 7. The van der Waals surface area contributed by atoms with E-state index < -0.39 is 12.1 Å². The first-order valence-corrected chi connectivity index (χ1v) is 8.64. The van der Waals surface area contributed by atoms with Gasteiger partial charge >= 0.3 is 5.97 Å². The van der Waals surface area contributed by atoms with E-state index in [0.717, 1.165) is 11.3 Å². The molecule has 0 radical (unpaired) electrons. The highest BCUT2D eigenvalue weighted by atomic mass is 16.5. The van der Waals surface area contributed by atoms with Crippen LogP contribution in [0.4, 0.5) is 5.69 Å². The van der Waals surface area contributed by atoms with Crippen molar-refractivity contribution in [1.29, 1.82) is 0 Å². The fourth-order valence-corrected chi connectivity index (χ4v) is 3.04. The molecule has 28 heavy (non-hydrogen) atoms. The molecular formula is C21H23NO6. The van der Waals surface area contributed by atoms with Gasteiger partial charge < -0.3 is 29.0 Å². The van der Waals surface area contributed by atoms with Crippen molar-refractivity contribution in [3.63, 3.8) is 0 Å². The van der Waals surface area contributed by atoms with E-state index in [4.69, 9.17) is 23.7 Å². The van der Waals surface area contributed by atoms with Gasteiger partial charge in [0.1, 0.15) is 23.0 Å². The van der Waals surface area contributed by atoms with Crippen LogP contribution in [0.1, 0.15) is 17.2 Å². The zero-order valence-corrected chi connectivity index (χ0v) is 16.5. The maximum Gasteiger partial charge on any atom is 0.332 e. The fraction of sp³-hybridized carbons (Fsp3) is 0.286. The zero-order valence-electron chi connectivity index (χ0n) is 16.5. The summed E-state index contributed by atoms with van der Waals surface area (Å²) < 4.78 is 27.5. The smallest absolute Gasteiger partial charge is 0.332 e. The van der Waals surface area contributed by atoms with Crippen molar-refractivity contribution in [3.8, 4) is 23.0 Å². The lowest BCUT2D eigenvalue weighted by Crippen LogP contribution is -2.24. The Labute approximate surface area is 163 Å². The Morgan fingerprint density at radius 2 is 1.71 bits per heavy atom. The summed E-state index contributed by atoms with van der Waals surface area (Å²) in [6, 6.07) is 9.26. The average Bonchev–Trinajstić information content (AvgIpc) is 2.72. The third kappa shape index (κ3) is 3.69. The summed E-state index contributed by atoms with van der Waals surface area (Å²) in [5.74, 6) is 1.76. The van der Waals surface area contributed by atoms with Gasteiger partial charge in [0.25, 0.3) is 0 Å². The molecule has 7 heteroatoms. The van der Waals surface area contributed by atoms with Gasteiger partial charge in [0, 0.05) is 18.2 Å². The van der Waals surface area contributed by atoms with Gasteiger partial charge in [0.05, 0.1) is 45.4 Å². The van der Waals surface area contributed by atoms with Crippen molar-refractivity contribution < 1.29 is 28.5 Å². The topological polar surface area (TPSA) is 75.3 Å². The maximum absolute atomic E-state index is 12.0. The van der Waals surface area contributed by atoms with E-state index in [1.54, 1.807) is 33.5 Å². The van der Waals surface area contributed by atoms with E-state index >= 15 is 0 Å². The van der Waals surface area contributed by atoms with E-state index in [1.165, 1.54) is 13.2 Å². The summed E-state index contributed by atoms with van der Waals surface area (Å²) in [6.45, 7) is 1.98. The van der Waals surface area contributed by atoms with Gasteiger partial charge in [-0.3, -0.25) is 0 Å². The average molecular weight is 385 g/mol. The van der Waals surface area contributed by atoms with Crippen molar-refractivity contribution in [2.45, 2.75) is 13.0 Å². The van der Waals surface area contributed by atoms with E-state index in [2.05, 4.69) is 5.32 Å². The molecule has 0 saturated heterocycles. The molecule has 0 fully saturated rings. The number of nitrogens with one attached hydrogen (secondary N) is 1. The summed E-state index contributed by atoms with van der Waals surface area (Å²) in [5.41, 5.74) is 2.93. The number of fused-ring (bicyclic) bond motifs is 1. The molecule has 3 rings (SSSR count). The largest absolute Gasteiger partial charge is 0.496 e. The van der Waals surface area contributed by atoms with Crippen molar-refractivity contribution >= 4 is 11.7 Å². The number of carbonyl (C=O) groups excluding carboxylic acids is 1. The van der Waals surface area contributed by atoms with Gasteiger partial charge in [0.15, 0.2) is 6.10 Å². The Hall–Kier alpha value is -3.35. The van der Waals surface area contributed by atoms with Crippen LogP contribution >= 0.6 is 0 Å². The van der Waals surface area contributed by atoms with Crippen LogP contribution in [0.25, 0.3) is 0 Å². The second kappa shape index (κ2) is 8.12. The lowest BCUT2D eigenvalue weighted by molar-refractivity contribution is -0.134. The number of methoxy groups -OCH3 is 4. The number of hydrogen-bond donors (Lipinski definition) is 1. The number of esters is 1. The fourth-order valence-electron chi connectivity index (χ4n) is 3.04. The predicted octanol–water partition coefficient (Wildman–Crippen LogP) is 3.62. The van der Waals surface area contributed by atoms with E-state index in [1.807, 2.05) is 25.1 Å². The summed E-state index contributed by atoms with van der Waals surface area (Å²) in [4.78, 5) is 12.0. The molecule has 7 nitrogen and oxygen atoms in total. The molecule has 1 aliphatic rings. The highest BCUT2D eigenvalue weighted by Crippen LogP contribution is 2.46. The highest BCUT2D eigenvalue weighted by Gasteiger charge is 2.32. The molecule has 0 bridgehead atoms. The number of benzene rings is 2. The zero-order chi connectivity index (χ0) is 20.3. The molecule has 1 unspecified atom stereocenters. The quantitative estimate of drug-likeness (QED) is 0.622. The molecular weight excluding hydrogens is 362 g/mol. The van der Waals surface area contributed by atoms with Crippen LogP contribution in [0.15, 0.2) is 42.1 Å². The number of aryl methyl sites for hydroxylation is 1. The normalized spacial score (nSPS) is 16.5. The van der Waals surface area contributed by atoms with Crippen LogP contribution in [0.3, 0.4) is 0 Å². The number of ether oxygens (including phenoxy) is 5. The van der Waals surface area contributed by atoms with Crippen molar-refractivity contribution in [1.82, 2.24) is 0 Å². The molecule has 2 aromatic carbocycles. The standard InChI is InChI=1S/C21H23NO6/c1-12-6-7-14-16(8-12)28-21(15(22-14)11-19(23)27-5)20-17(25-3)9-13(24-2)10-18(20)26-4/h6-11,21-22H,1-5H3/b15-11-. The van der Waals surface area contributed by atoms with E-state index in [0.29, 0.717) is 34.3 Å². The van der Waals surface area contributed by atoms with Gasteiger partial charge in [-0.2, -0.15) is 0 Å². The lowest BCUT2D eigenvalue weighted by atomic mass is 10.0. The first kappa shape index (κ1) is 19.4. The monoisotopic (exact) mass is 385 g/mol. The number of carbonyl (C=O) groups is 1. The summed E-state index contributed by atoms with van der Waals surface area (Å²) >= 11 is 0. The molecule has 1 atom stereocenters. The molecule has 1 N–H and O–H groups in total. The molecule has 0 aromatic heterocycles. The molecule has 148 valence electrons. The van der Waals surface area contributed by atoms with Gasteiger partial charge in [-0.25, -0.2) is 4.79 Å². The predicted molar refractivity (Wildman–Crippen MR) is 104 cm³/mol. The molecule has 1 heterocycles. The first-order chi connectivity index (χ1) is 13.5. The summed E-state index contributed by atoms with van der Waals surface area (Å²) in [7, 11) is 5.99. The minimum absolute atomic E-state index is 0.502. The Morgan fingerprint density at radius 1 is 1.04 bits per heavy atom. The molecule has 2 aromatic rings. The number of anilines is 1. The van der Waals surface area contributed by atoms with Gasteiger partial charge in [-0.1, -0.05) is 6.07 Å². The first-order valence-electron chi connectivity index (χ1n) is 8.64. The Balaban J connectivity index is 2.19. The highest BCUT2D eigenvalue weighted by molar-refractivity contribution is 5.84. The number of rotatable bonds is 5. The van der Waals surface area contributed by atoms with Crippen LogP contribution in [0, 0.1) is 6.92 Å². The third-order valence-corrected chi connectivity index (χ3v) is 4.43. The molecule has 1 aliphatic heterocycles. The molecule has 0 amide bonds. The SMILES string of the molecule is COC(=O)/C=C1\Nc2ccc(C)cc2OC1c1c(OC)cc(OC)cc1OC. The molecule has 0 spiro atoms. The molecule has 0 aliphatic carbocycles.